The molecule has 0 fully saturated rings. The van der Waals surface area contributed by atoms with E-state index in [1.54, 1.807) is 30.0 Å². The molecule has 0 amide bonds. The van der Waals surface area contributed by atoms with Crippen LogP contribution in [0.15, 0.2) is 18.2 Å². The molecule has 0 bridgehead atoms. The molecule has 0 saturated heterocycles. The van der Waals surface area contributed by atoms with Crippen molar-refractivity contribution in [1.82, 2.24) is 0 Å². The molecular weight excluding hydrogens is 282 g/mol. The van der Waals surface area contributed by atoms with E-state index < -0.39 is 10.0 Å². The molecular formula is C13H17NO3S2. The lowest BCUT2D eigenvalue weighted by molar-refractivity contribution is 0.417. The van der Waals surface area contributed by atoms with Gasteiger partial charge in [0.15, 0.2) is 0 Å². The first kappa shape index (κ1) is 15.7. The first-order valence-electron chi connectivity index (χ1n) is 5.64. The standard InChI is InChI=1S/C13H17NO3S2/c1-10(2)18-8-7-11-5-6-12(13(9-11)17-3)14-19(4,15)16/h5-6,9-10,14H,1-4H3. The second-order valence-electron chi connectivity index (χ2n) is 4.18. The van der Waals surface area contributed by atoms with Crippen LogP contribution in [0.4, 0.5) is 5.69 Å². The van der Waals surface area contributed by atoms with Gasteiger partial charge in [0, 0.05) is 10.8 Å². The Bertz CT molecular complexity index is 598. The largest absolute Gasteiger partial charge is 0.495 e. The van der Waals surface area contributed by atoms with E-state index in [1.165, 1.54) is 7.11 Å². The number of ether oxygens (including phenoxy) is 1. The van der Waals surface area contributed by atoms with E-state index in [2.05, 4.69) is 29.7 Å². The molecule has 104 valence electrons. The summed E-state index contributed by atoms with van der Waals surface area (Å²) in [5.41, 5.74) is 1.19. The number of nitrogens with one attached hydrogen (secondary N) is 1. The first-order chi connectivity index (χ1) is 8.81. The molecule has 4 nitrogen and oxygen atoms in total. The van der Waals surface area contributed by atoms with Gasteiger partial charge in [-0.05, 0) is 23.5 Å². The Balaban J connectivity index is 2.98. The number of thioether (sulfide) groups is 1. The lowest BCUT2D eigenvalue weighted by Crippen LogP contribution is -2.10. The minimum absolute atomic E-state index is 0.409. The van der Waals surface area contributed by atoms with Crippen molar-refractivity contribution in [3.63, 3.8) is 0 Å². The van der Waals surface area contributed by atoms with Crippen LogP contribution in [0.25, 0.3) is 0 Å². The fourth-order valence-electron chi connectivity index (χ4n) is 1.26. The topological polar surface area (TPSA) is 55.4 Å². The maximum Gasteiger partial charge on any atom is 0.229 e. The molecule has 1 rings (SSSR count). The van der Waals surface area contributed by atoms with Crippen LogP contribution in [0.3, 0.4) is 0 Å². The Hall–Kier alpha value is -1.32. The summed E-state index contributed by atoms with van der Waals surface area (Å²) in [6.07, 6.45) is 1.10. The molecule has 0 radical (unpaired) electrons. The second kappa shape index (κ2) is 6.73. The van der Waals surface area contributed by atoms with E-state index in [0.29, 0.717) is 16.7 Å². The van der Waals surface area contributed by atoms with Crippen LogP contribution >= 0.6 is 11.8 Å². The van der Waals surface area contributed by atoms with Crippen LogP contribution in [0, 0.1) is 11.2 Å². The van der Waals surface area contributed by atoms with E-state index in [1.807, 2.05) is 0 Å². The number of rotatable bonds is 4. The third-order valence-corrected chi connectivity index (χ3v) is 3.27. The average molecular weight is 299 g/mol. The van der Waals surface area contributed by atoms with E-state index in [9.17, 15) is 8.42 Å². The minimum Gasteiger partial charge on any atom is -0.495 e. The van der Waals surface area contributed by atoms with E-state index in [0.717, 1.165) is 11.8 Å². The molecule has 0 aliphatic rings. The van der Waals surface area contributed by atoms with Gasteiger partial charge >= 0.3 is 0 Å². The van der Waals surface area contributed by atoms with E-state index in [4.69, 9.17) is 4.74 Å². The summed E-state index contributed by atoms with van der Waals surface area (Å²) in [5.74, 6) is 3.45. The predicted molar refractivity (Wildman–Crippen MR) is 81.1 cm³/mol. The molecule has 0 atom stereocenters. The smallest absolute Gasteiger partial charge is 0.229 e. The third kappa shape index (κ3) is 5.90. The summed E-state index contributed by atoms with van der Waals surface area (Å²) in [4.78, 5) is 0. The highest BCUT2D eigenvalue weighted by Gasteiger charge is 2.08. The van der Waals surface area contributed by atoms with Crippen molar-refractivity contribution >= 4 is 27.5 Å². The van der Waals surface area contributed by atoms with Crippen LogP contribution in [-0.2, 0) is 10.0 Å². The van der Waals surface area contributed by atoms with E-state index >= 15 is 0 Å². The predicted octanol–water partition coefficient (Wildman–Crippen LogP) is 2.52. The van der Waals surface area contributed by atoms with Gasteiger partial charge in [-0.15, -0.1) is 0 Å². The van der Waals surface area contributed by atoms with Crippen LogP contribution in [-0.4, -0.2) is 27.0 Å². The van der Waals surface area contributed by atoms with E-state index in [-0.39, 0.29) is 0 Å². The van der Waals surface area contributed by atoms with Crippen molar-refractivity contribution in [2.45, 2.75) is 19.1 Å². The monoisotopic (exact) mass is 299 g/mol. The van der Waals surface area contributed by atoms with Gasteiger partial charge in [0.1, 0.15) is 5.75 Å². The van der Waals surface area contributed by atoms with Gasteiger partial charge in [-0.3, -0.25) is 4.72 Å². The van der Waals surface area contributed by atoms with Crippen molar-refractivity contribution in [2.24, 2.45) is 0 Å². The molecule has 6 heteroatoms. The highest BCUT2D eigenvalue weighted by molar-refractivity contribution is 8.04. The number of hydrogen-bond donors (Lipinski definition) is 1. The van der Waals surface area contributed by atoms with Gasteiger partial charge in [0.25, 0.3) is 0 Å². The zero-order valence-electron chi connectivity index (χ0n) is 11.4. The van der Waals surface area contributed by atoms with Gasteiger partial charge in [-0.2, -0.15) is 0 Å². The minimum atomic E-state index is -3.32. The first-order valence-corrected chi connectivity index (χ1v) is 8.41. The number of sulfonamides is 1. The van der Waals surface area contributed by atoms with Gasteiger partial charge < -0.3 is 4.74 Å². The summed E-state index contributed by atoms with van der Waals surface area (Å²) in [6.45, 7) is 4.14. The summed E-state index contributed by atoms with van der Waals surface area (Å²) in [6, 6.07) is 5.11. The summed E-state index contributed by atoms with van der Waals surface area (Å²) in [7, 11) is -1.83. The highest BCUT2D eigenvalue weighted by Crippen LogP contribution is 2.26. The van der Waals surface area contributed by atoms with Crippen molar-refractivity contribution < 1.29 is 13.2 Å². The molecule has 0 saturated carbocycles. The maximum absolute atomic E-state index is 11.2. The molecule has 0 aliphatic heterocycles. The lowest BCUT2D eigenvalue weighted by Gasteiger charge is -2.09. The maximum atomic E-state index is 11.2. The zero-order valence-corrected chi connectivity index (χ0v) is 13.0. The van der Waals surface area contributed by atoms with Gasteiger partial charge in [0.2, 0.25) is 10.0 Å². The molecule has 1 aromatic carbocycles. The van der Waals surface area contributed by atoms with Crippen LogP contribution in [0.2, 0.25) is 0 Å². The van der Waals surface area contributed by atoms with Gasteiger partial charge in [-0.1, -0.05) is 31.5 Å². The van der Waals surface area contributed by atoms with Crippen LogP contribution in [0.1, 0.15) is 19.4 Å². The fourth-order valence-corrected chi connectivity index (χ4v) is 2.24. The molecule has 0 unspecified atom stereocenters. The van der Waals surface area contributed by atoms with Gasteiger partial charge in [0.05, 0.1) is 19.1 Å². The third-order valence-electron chi connectivity index (χ3n) is 1.99. The molecule has 1 aromatic rings. The van der Waals surface area contributed by atoms with Crippen molar-refractivity contribution in [1.29, 1.82) is 0 Å². The second-order valence-corrected chi connectivity index (χ2v) is 7.31. The number of methoxy groups -OCH3 is 1. The molecule has 0 aromatic heterocycles. The zero-order chi connectivity index (χ0) is 14.5. The number of benzene rings is 1. The Labute approximate surface area is 119 Å². The number of anilines is 1. The SMILES string of the molecule is COc1cc(C#CSC(C)C)ccc1NS(C)(=O)=O. The Kier molecular flexibility index (Phi) is 5.58. The summed E-state index contributed by atoms with van der Waals surface area (Å²) < 4.78 is 30.0. The Morgan fingerprint density at radius 1 is 1.37 bits per heavy atom. The molecule has 19 heavy (non-hydrogen) atoms. The summed E-state index contributed by atoms with van der Waals surface area (Å²) in [5, 5.41) is 3.44. The van der Waals surface area contributed by atoms with Crippen molar-refractivity contribution in [3.05, 3.63) is 23.8 Å². The van der Waals surface area contributed by atoms with Crippen LogP contribution in [0.5, 0.6) is 5.75 Å². The van der Waals surface area contributed by atoms with Crippen LogP contribution < -0.4 is 9.46 Å². The average Bonchev–Trinajstić information content (AvgIpc) is 2.28. The lowest BCUT2D eigenvalue weighted by atomic mass is 10.2. The molecule has 1 N–H and O–H groups in total. The highest BCUT2D eigenvalue weighted by atomic mass is 32.2. The normalized spacial score (nSPS) is 10.8. The summed E-state index contributed by atoms with van der Waals surface area (Å²) >= 11 is 1.54. The molecule has 0 aliphatic carbocycles. The van der Waals surface area contributed by atoms with Gasteiger partial charge in [-0.25, -0.2) is 8.42 Å². The van der Waals surface area contributed by atoms with Crippen molar-refractivity contribution in [2.75, 3.05) is 18.1 Å². The molecule has 0 spiro atoms. The number of hydrogen-bond acceptors (Lipinski definition) is 4. The van der Waals surface area contributed by atoms with Crippen molar-refractivity contribution in [3.8, 4) is 16.9 Å². The Morgan fingerprint density at radius 3 is 2.58 bits per heavy atom. The fraction of sp³-hybridized carbons (Fsp3) is 0.385. The molecule has 0 heterocycles. The Morgan fingerprint density at radius 2 is 2.05 bits per heavy atom. The quantitative estimate of drug-likeness (QED) is 0.868.